The van der Waals surface area contributed by atoms with Gasteiger partial charge in [0.15, 0.2) is 0 Å². The number of methoxy groups -OCH3 is 1. The second kappa shape index (κ2) is 8.23. The number of hydrogen-bond donors (Lipinski definition) is 0. The van der Waals surface area contributed by atoms with Crippen LogP contribution in [0.15, 0.2) is 29.2 Å². The molecule has 1 aliphatic heterocycles. The van der Waals surface area contributed by atoms with Crippen LogP contribution >= 0.6 is 0 Å². The van der Waals surface area contributed by atoms with Crippen LogP contribution in [0.3, 0.4) is 0 Å². The van der Waals surface area contributed by atoms with E-state index in [1.165, 1.54) is 23.9 Å². The van der Waals surface area contributed by atoms with Crippen LogP contribution in [0, 0.1) is 5.92 Å². The SMILES string of the molecule is COc1cc(=O)n(C)cc1C(=O)N1CCC(COc2ccc(C(C)(C)C)nn2)C1. The van der Waals surface area contributed by atoms with Crippen molar-refractivity contribution >= 4 is 5.91 Å². The summed E-state index contributed by atoms with van der Waals surface area (Å²) in [7, 11) is 3.07. The molecule has 2 aromatic heterocycles. The van der Waals surface area contributed by atoms with E-state index in [1.807, 2.05) is 12.1 Å². The van der Waals surface area contributed by atoms with Gasteiger partial charge in [0.25, 0.3) is 11.5 Å². The first-order valence-electron chi connectivity index (χ1n) is 9.70. The molecule has 156 valence electrons. The molecule has 29 heavy (non-hydrogen) atoms. The van der Waals surface area contributed by atoms with E-state index in [0.29, 0.717) is 36.9 Å². The van der Waals surface area contributed by atoms with Gasteiger partial charge >= 0.3 is 0 Å². The number of carbonyl (C=O) groups is 1. The Balaban J connectivity index is 1.60. The van der Waals surface area contributed by atoms with Gasteiger partial charge in [-0.1, -0.05) is 20.8 Å². The number of carbonyl (C=O) groups excluding carboxylic acids is 1. The third-order valence-electron chi connectivity index (χ3n) is 5.09. The molecule has 1 saturated heterocycles. The Kier molecular flexibility index (Phi) is 5.91. The second-order valence-corrected chi connectivity index (χ2v) is 8.43. The predicted molar refractivity (Wildman–Crippen MR) is 108 cm³/mol. The maximum atomic E-state index is 12.9. The average Bonchev–Trinajstić information content (AvgIpc) is 3.16. The zero-order valence-electron chi connectivity index (χ0n) is 17.6. The lowest BCUT2D eigenvalue weighted by atomic mass is 9.92. The Hall–Kier alpha value is -2.90. The summed E-state index contributed by atoms with van der Waals surface area (Å²) in [5.74, 6) is 0.852. The Morgan fingerprint density at radius 3 is 2.66 bits per heavy atom. The fraction of sp³-hybridized carbons (Fsp3) is 0.524. The molecule has 0 N–H and O–H groups in total. The predicted octanol–water partition coefficient (Wildman–Crippen LogP) is 2.02. The van der Waals surface area contributed by atoms with E-state index in [1.54, 1.807) is 11.9 Å². The van der Waals surface area contributed by atoms with Gasteiger partial charge in [0, 0.05) is 49.8 Å². The number of aromatic nitrogens is 3. The molecule has 8 nitrogen and oxygen atoms in total. The van der Waals surface area contributed by atoms with Gasteiger partial charge in [-0.05, 0) is 12.5 Å². The van der Waals surface area contributed by atoms with Crippen molar-refractivity contribution in [2.45, 2.75) is 32.6 Å². The molecule has 0 aromatic carbocycles. The first kappa shape index (κ1) is 20.8. The minimum atomic E-state index is -0.218. The highest BCUT2D eigenvalue weighted by Crippen LogP contribution is 2.24. The van der Waals surface area contributed by atoms with Crippen molar-refractivity contribution < 1.29 is 14.3 Å². The fourth-order valence-corrected chi connectivity index (χ4v) is 3.27. The summed E-state index contributed by atoms with van der Waals surface area (Å²) in [6.45, 7) is 7.94. The van der Waals surface area contributed by atoms with Crippen LogP contribution in [0.5, 0.6) is 11.6 Å². The molecule has 2 aromatic rings. The van der Waals surface area contributed by atoms with E-state index in [0.717, 1.165) is 12.1 Å². The molecule has 3 heterocycles. The zero-order chi connectivity index (χ0) is 21.2. The highest BCUT2D eigenvalue weighted by Gasteiger charge is 2.29. The molecular formula is C21H28N4O4. The average molecular weight is 400 g/mol. The molecule has 1 fully saturated rings. The van der Waals surface area contributed by atoms with Gasteiger partial charge in [-0.3, -0.25) is 9.59 Å². The maximum Gasteiger partial charge on any atom is 0.259 e. The van der Waals surface area contributed by atoms with Crippen molar-refractivity contribution in [1.82, 2.24) is 19.7 Å². The van der Waals surface area contributed by atoms with Gasteiger partial charge < -0.3 is 18.9 Å². The summed E-state index contributed by atoms with van der Waals surface area (Å²) >= 11 is 0. The number of pyridine rings is 1. The van der Waals surface area contributed by atoms with Gasteiger partial charge in [-0.2, -0.15) is 5.10 Å². The molecule has 1 unspecified atom stereocenters. The Morgan fingerprint density at radius 2 is 2.03 bits per heavy atom. The summed E-state index contributed by atoms with van der Waals surface area (Å²) < 4.78 is 12.4. The summed E-state index contributed by atoms with van der Waals surface area (Å²) in [5.41, 5.74) is 1.03. The van der Waals surface area contributed by atoms with Crippen molar-refractivity contribution in [1.29, 1.82) is 0 Å². The van der Waals surface area contributed by atoms with Gasteiger partial charge in [0.1, 0.15) is 5.75 Å². The third-order valence-corrected chi connectivity index (χ3v) is 5.09. The van der Waals surface area contributed by atoms with Crippen LogP contribution in [0.1, 0.15) is 43.2 Å². The van der Waals surface area contributed by atoms with E-state index in [-0.39, 0.29) is 22.8 Å². The van der Waals surface area contributed by atoms with Crippen molar-refractivity contribution in [3.8, 4) is 11.6 Å². The lowest BCUT2D eigenvalue weighted by Crippen LogP contribution is -2.31. The summed E-state index contributed by atoms with van der Waals surface area (Å²) in [6, 6.07) is 5.10. The lowest BCUT2D eigenvalue weighted by Gasteiger charge is -2.19. The second-order valence-electron chi connectivity index (χ2n) is 8.43. The minimum Gasteiger partial charge on any atom is -0.496 e. The number of ether oxygens (including phenoxy) is 2. The Bertz CT molecular complexity index is 931. The van der Waals surface area contributed by atoms with Crippen molar-refractivity contribution in [2.75, 3.05) is 26.8 Å². The Morgan fingerprint density at radius 1 is 1.28 bits per heavy atom. The third kappa shape index (κ3) is 4.75. The van der Waals surface area contributed by atoms with Crippen LogP contribution in [-0.2, 0) is 12.5 Å². The van der Waals surface area contributed by atoms with E-state index in [2.05, 4.69) is 31.0 Å². The molecule has 1 aliphatic rings. The first-order valence-corrected chi connectivity index (χ1v) is 9.70. The number of hydrogen-bond acceptors (Lipinski definition) is 6. The van der Waals surface area contributed by atoms with Gasteiger partial charge in [-0.25, -0.2) is 0 Å². The van der Waals surface area contributed by atoms with Crippen LogP contribution in [-0.4, -0.2) is 52.4 Å². The molecule has 0 bridgehead atoms. The van der Waals surface area contributed by atoms with Crippen LogP contribution in [0.25, 0.3) is 0 Å². The smallest absolute Gasteiger partial charge is 0.259 e. The molecule has 0 spiro atoms. The highest BCUT2D eigenvalue weighted by molar-refractivity contribution is 5.96. The van der Waals surface area contributed by atoms with Gasteiger partial charge in [0.05, 0.1) is 25.0 Å². The van der Waals surface area contributed by atoms with Crippen LogP contribution < -0.4 is 15.0 Å². The molecule has 3 rings (SSSR count). The quantitative estimate of drug-likeness (QED) is 0.763. The van der Waals surface area contributed by atoms with E-state index in [9.17, 15) is 9.59 Å². The monoisotopic (exact) mass is 400 g/mol. The van der Waals surface area contributed by atoms with Crippen molar-refractivity contribution in [2.24, 2.45) is 13.0 Å². The zero-order valence-corrected chi connectivity index (χ0v) is 17.6. The molecule has 0 radical (unpaired) electrons. The topological polar surface area (TPSA) is 86.5 Å². The minimum absolute atomic E-state index is 0.0557. The number of rotatable bonds is 5. The standard InChI is InChI=1S/C21H28N4O4/c1-21(2,3)17-6-7-18(23-22-17)29-13-14-8-9-25(11-14)20(27)15-12-24(4)19(26)10-16(15)28-5/h6-7,10,12,14H,8-9,11,13H2,1-5H3. The number of amides is 1. The van der Waals surface area contributed by atoms with Gasteiger partial charge in [-0.15, -0.1) is 5.10 Å². The summed E-state index contributed by atoms with van der Waals surface area (Å²) in [5, 5.41) is 8.38. The van der Waals surface area contributed by atoms with E-state index < -0.39 is 0 Å². The van der Waals surface area contributed by atoms with Crippen LogP contribution in [0.2, 0.25) is 0 Å². The normalized spacial score (nSPS) is 16.7. The molecule has 8 heteroatoms. The number of nitrogens with zero attached hydrogens (tertiary/aromatic N) is 4. The molecule has 1 atom stereocenters. The lowest BCUT2D eigenvalue weighted by molar-refractivity contribution is 0.0778. The largest absolute Gasteiger partial charge is 0.496 e. The van der Waals surface area contributed by atoms with E-state index >= 15 is 0 Å². The highest BCUT2D eigenvalue weighted by atomic mass is 16.5. The van der Waals surface area contributed by atoms with Crippen LogP contribution in [0.4, 0.5) is 0 Å². The fourth-order valence-electron chi connectivity index (χ4n) is 3.27. The van der Waals surface area contributed by atoms with E-state index in [4.69, 9.17) is 9.47 Å². The number of likely N-dealkylation sites (tertiary alicyclic amines) is 1. The molecular weight excluding hydrogens is 372 g/mol. The number of aryl methyl sites for hydroxylation is 1. The van der Waals surface area contributed by atoms with Gasteiger partial charge in [0.2, 0.25) is 5.88 Å². The van der Waals surface area contributed by atoms with Crippen molar-refractivity contribution in [3.63, 3.8) is 0 Å². The molecule has 1 amide bonds. The summed E-state index contributed by atoms with van der Waals surface area (Å²) in [4.78, 5) is 26.5. The molecule has 0 saturated carbocycles. The Labute approximate surface area is 170 Å². The first-order chi connectivity index (χ1) is 13.7. The molecule has 0 aliphatic carbocycles. The summed E-state index contributed by atoms with van der Waals surface area (Å²) in [6.07, 6.45) is 2.37. The maximum absolute atomic E-state index is 12.9. The van der Waals surface area contributed by atoms with Crippen molar-refractivity contribution in [3.05, 3.63) is 46.0 Å².